The molecule has 2 unspecified atom stereocenters. The fourth-order valence-corrected chi connectivity index (χ4v) is 7.75. The SMILES string of the molecule is CC(C#N)c1cncc(-c2cnc3c(c2)CCCN3C(N)=O)c1.CC(C#N)c1cncc(Br)c1.CC1(C)OB(c2cnc3c(c2)CCCN3C(N)=O)OC1(C)C.CI.N#CCc1cncc(Br)c1. The number of amides is 4. The lowest BCUT2D eigenvalue weighted by atomic mass is 9.79. The lowest BCUT2D eigenvalue weighted by Gasteiger charge is -2.32. The van der Waals surface area contributed by atoms with Crippen molar-refractivity contribution in [2.24, 2.45) is 11.5 Å². The molecule has 5 aromatic rings. The highest BCUT2D eigenvalue weighted by Gasteiger charge is 2.52. The molecule has 16 nitrogen and oxygen atoms in total. The minimum absolute atomic E-state index is 0.0833. The molecular weight excluding hydrogens is 1110 g/mol. The van der Waals surface area contributed by atoms with E-state index in [-0.39, 0.29) is 23.0 Å². The average molecular weight is 1160 g/mol. The van der Waals surface area contributed by atoms with Gasteiger partial charge >= 0.3 is 19.2 Å². The molecule has 4 N–H and O–H groups in total. The van der Waals surface area contributed by atoms with Gasteiger partial charge in [-0.3, -0.25) is 24.8 Å². The van der Waals surface area contributed by atoms with Gasteiger partial charge in [0, 0.05) is 88.2 Å². The zero-order valence-electron chi connectivity index (χ0n) is 39.1. The van der Waals surface area contributed by atoms with Crippen LogP contribution in [0.1, 0.15) is 94.0 Å². The number of nitrogens with two attached hydrogens (primary N) is 2. The number of rotatable bonds is 5. The molecule has 68 heavy (non-hydrogen) atoms. The van der Waals surface area contributed by atoms with Gasteiger partial charge in [0.2, 0.25) is 0 Å². The fraction of sp³-hybridized carbons (Fsp3) is 0.375. The Kier molecular flexibility index (Phi) is 20.8. The van der Waals surface area contributed by atoms with Gasteiger partial charge in [0.15, 0.2) is 0 Å². The quantitative estimate of drug-likeness (QED) is 0.0950. The number of fused-ring (bicyclic) bond motifs is 2. The van der Waals surface area contributed by atoms with Crippen LogP contribution in [-0.4, -0.2) is 73.3 Å². The van der Waals surface area contributed by atoms with Crippen LogP contribution in [0.5, 0.6) is 0 Å². The Hall–Kier alpha value is -5.57. The number of pyridine rings is 5. The third-order valence-electron chi connectivity index (χ3n) is 11.4. The Labute approximate surface area is 429 Å². The molecule has 354 valence electrons. The second kappa shape index (κ2) is 25.7. The van der Waals surface area contributed by atoms with Crippen molar-refractivity contribution in [1.82, 2.24) is 24.9 Å². The zero-order valence-corrected chi connectivity index (χ0v) is 44.4. The van der Waals surface area contributed by atoms with Crippen LogP contribution < -0.4 is 26.7 Å². The molecule has 0 radical (unpaired) electrons. The number of aromatic nitrogens is 5. The Balaban J connectivity index is 0.000000207. The van der Waals surface area contributed by atoms with Gasteiger partial charge in [-0.25, -0.2) is 19.6 Å². The summed E-state index contributed by atoms with van der Waals surface area (Å²) >= 11 is 8.70. The normalized spacial score (nSPS) is 15.6. The lowest BCUT2D eigenvalue weighted by Crippen LogP contribution is -2.41. The number of carbonyl (C=O) groups excluding carboxylic acids is 2. The van der Waals surface area contributed by atoms with Gasteiger partial charge in [0.25, 0.3) is 0 Å². The van der Waals surface area contributed by atoms with E-state index in [4.69, 9.17) is 36.6 Å². The predicted octanol–water partition coefficient (Wildman–Crippen LogP) is 9.25. The van der Waals surface area contributed by atoms with Gasteiger partial charge in [-0.2, -0.15) is 15.8 Å². The Bertz CT molecular complexity index is 2660. The molecule has 20 heteroatoms. The van der Waals surface area contributed by atoms with Gasteiger partial charge in [-0.05, 0) is 156 Å². The van der Waals surface area contributed by atoms with Crippen molar-refractivity contribution in [2.45, 2.75) is 96.7 Å². The van der Waals surface area contributed by atoms with Crippen LogP contribution in [0, 0.1) is 34.0 Å². The number of nitriles is 3. The van der Waals surface area contributed by atoms with Crippen LogP contribution in [0.3, 0.4) is 0 Å². The molecule has 4 amide bonds. The highest BCUT2D eigenvalue weighted by molar-refractivity contribution is 14.1. The molecular formula is C48H54BBr2IN12O4. The number of urea groups is 2. The van der Waals surface area contributed by atoms with E-state index in [1.54, 1.807) is 49.6 Å². The van der Waals surface area contributed by atoms with Crippen molar-refractivity contribution in [2.75, 3.05) is 27.8 Å². The molecule has 3 aliphatic rings. The number of aryl methyl sites for hydroxylation is 2. The summed E-state index contributed by atoms with van der Waals surface area (Å²) in [6.07, 6.45) is 17.6. The predicted molar refractivity (Wildman–Crippen MR) is 279 cm³/mol. The van der Waals surface area contributed by atoms with Crippen molar-refractivity contribution in [3.8, 4) is 29.3 Å². The molecule has 5 aromatic heterocycles. The number of halogens is 3. The maximum Gasteiger partial charge on any atom is 0.496 e. The Morgan fingerprint density at radius 3 is 1.68 bits per heavy atom. The summed E-state index contributed by atoms with van der Waals surface area (Å²) in [6.45, 7) is 13.0. The summed E-state index contributed by atoms with van der Waals surface area (Å²) in [5.74, 6) is 0.999. The van der Waals surface area contributed by atoms with E-state index in [9.17, 15) is 9.59 Å². The molecule has 0 bridgehead atoms. The molecule has 0 aliphatic carbocycles. The highest BCUT2D eigenvalue weighted by Crippen LogP contribution is 2.37. The van der Waals surface area contributed by atoms with E-state index in [0.29, 0.717) is 31.1 Å². The molecule has 1 saturated heterocycles. The molecule has 8 heterocycles. The topological polar surface area (TPSA) is 247 Å². The van der Waals surface area contributed by atoms with Gasteiger partial charge in [-0.1, -0.05) is 28.7 Å². The summed E-state index contributed by atoms with van der Waals surface area (Å²) in [7, 11) is -0.438. The molecule has 1 fully saturated rings. The van der Waals surface area contributed by atoms with E-state index < -0.39 is 19.2 Å². The number of anilines is 2. The smallest absolute Gasteiger partial charge is 0.399 e. The first-order valence-electron chi connectivity index (χ1n) is 21.5. The van der Waals surface area contributed by atoms with Crippen molar-refractivity contribution in [3.63, 3.8) is 0 Å². The summed E-state index contributed by atoms with van der Waals surface area (Å²) in [5, 5.41) is 26.0. The molecule has 2 atom stereocenters. The number of nitrogens with zero attached hydrogens (tertiary/aromatic N) is 10. The second-order valence-corrected chi connectivity index (χ2v) is 18.6. The first-order valence-corrected chi connectivity index (χ1v) is 25.3. The van der Waals surface area contributed by atoms with E-state index in [1.165, 1.54) is 9.80 Å². The number of hydrogen-bond donors (Lipinski definition) is 2. The maximum absolute atomic E-state index is 11.5. The first kappa shape index (κ1) is 55.0. The number of carbonyl (C=O) groups is 2. The molecule has 3 aliphatic heterocycles. The van der Waals surface area contributed by atoms with Crippen molar-refractivity contribution >= 4 is 90.7 Å². The number of primary amides is 2. The Morgan fingerprint density at radius 1 is 0.706 bits per heavy atom. The third kappa shape index (κ3) is 14.7. The van der Waals surface area contributed by atoms with E-state index in [2.05, 4.69) is 97.6 Å². The lowest BCUT2D eigenvalue weighted by molar-refractivity contribution is 0.00578. The number of alkyl halides is 1. The summed E-state index contributed by atoms with van der Waals surface area (Å²) < 4.78 is 13.9. The average Bonchev–Trinajstić information content (AvgIpc) is 3.56. The molecule has 0 saturated carbocycles. The van der Waals surface area contributed by atoms with Crippen LogP contribution in [0.4, 0.5) is 21.2 Å². The van der Waals surface area contributed by atoms with Crippen molar-refractivity contribution in [1.29, 1.82) is 15.8 Å². The van der Waals surface area contributed by atoms with E-state index in [0.717, 1.165) is 79.0 Å². The Morgan fingerprint density at radius 2 is 1.18 bits per heavy atom. The van der Waals surface area contributed by atoms with Crippen LogP contribution in [0.2, 0.25) is 0 Å². The monoisotopic (exact) mass is 1160 g/mol. The van der Waals surface area contributed by atoms with Crippen LogP contribution in [0.15, 0.2) is 88.9 Å². The molecule has 0 spiro atoms. The highest BCUT2D eigenvalue weighted by atomic mass is 127. The largest absolute Gasteiger partial charge is 0.496 e. The van der Waals surface area contributed by atoms with Gasteiger partial charge in [-0.15, -0.1) is 0 Å². The summed E-state index contributed by atoms with van der Waals surface area (Å²) in [5.41, 5.74) is 17.6. The van der Waals surface area contributed by atoms with Gasteiger partial charge in [0.05, 0.1) is 47.7 Å². The number of hydrogen-bond acceptors (Lipinski definition) is 12. The molecule has 8 rings (SSSR count). The zero-order chi connectivity index (χ0) is 50.2. The van der Waals surface area contributed by atoms with E-state index in [1.807, 2.05) is 76.8 Å². The van der Waals surface area contributed by atoms with Crippen LogP contribution in [-0.2, 0) is 28.6 Å². The van der Waals surface area contributed by atoms with E-state index >= 15 is 0 Å². The maximum atomic E-state index is 11.5. The standard InChI is InChI=1S/C17H17N5O.C15H22BN3O3.C8H7BrN2.C7H5BrN2.CH3I/c1-11(7-18)13-6-14(9-20-8-13)15-5-12-3-2-4-22(17(19)23)16(12)21-10-15;1-14(2)15(3,4)22-16(21-14)11-8-10-6-5-7-19(13(17)20)12(10)18-9-11;1-6(3-10)7-2-8(9)5-11-4-7;8-7-3-6(1-2-9)4-10-5-7;1-2/h5-6,8-11H,2-4H2,1H3,(H2,19,23);8-9H,5-7H2,1-4H3,(H2,17,20);2,4-6H,1H3;3-5H,1H2;1H3. The van der Waals surface area contributed by atoms with Crippen molar-refractivity contribution in [3.05, 3.63) is 117 Å². The first-order chi connectivity index (χ1) is 32.4. The summed E-state index contributed by atoms with van der Waals surface area (Å²) in [4.78, 5) is 48.9. The summed E-state index contributed by atoms with van der Waals surface area (Å²) in [6, 6.07) is 15.3. The van der Waals surface area contributed by atoms with Crippen LogP contribution >= 0.6 is 54.5 Å². The van der Waals surface area contributed by atoms with Gasteiger partial charge < -0.3 is 20.8 Å². The minimum atomic E-state index is -0.474. The van der Waals surface area contributed by atoms with Crippen LogP contribution in [0.25, 0.3) is 11.1 Å². The minimum Gasteiger partial charge on any atom is -0.399 e. The van der Waals surface area contributed by atoms with Gasteiger partial charge in [0.1, 0.15) is 11.6 Å². The fourth-order valence-electron chi connectivity index (χ4n) is 6.95. The second-order valence-electron chi connectivity index (χ2n) is 16.7. The van der Waals surface area contributed by atoms with Crippen molar-refractivity contribution < 1.29 is 18.9 Å². The molecule has 0 aromatic carbocycles. The third-order valence-corrected chi connectivity index (χ3v) is 12.2.